The van der Waals surface area contributed by atoms with Crippen molar-refractivity contribution >= 4 is 17.5 Å². The number of para-hydroxylation sites is 1. The van der Waals surface area contributed by atoms with Crippen LogP contribution in [0, 0.1) is 11.3 Å². The molecule has 0 aromatic heterocycles. The number of rotatable bonds is 4. The van der Waals surface area contributed by atoms with Crippen molar-refractivity contribution in [3.05, 3.63) is 65.7 Å². The number of aliphatic hydroxyl groups is 1. The molecule has 1 saturated heterocycles. The smallest absolute Gasteiger partial charge is 0.249 e. The van der Waals surface area contributed by atoms with Crippen molar-refractivity contribution in [3.8, 4) is 6.07 Å². The Kier molecular flexibility index (Phi) is 5.30. The van der Waals surface area contributed by atoms with Gasteiger partial charge in [0.1, 0.15) is 19.2 Å². The van der Waals surface area contributed by atoms with Gasteiger partial charge < -0.3 is 14.9 Å². The SMILES string of the molecule is N#Cc1ccccc1N1CC(Cc2ccccc2)N(C(=O)CO)CC1=O. The molecule has 1 atom stereocenters. The molecule has 1 heterocycles. The van der Waals surface area contributed by atoms with E-state index in [1.807, 2.05) is 30.3 Å². The van der Waals surface area contributed by atoms with Crippen LogP contribution in [0.1, 0.15) is 11.1 Å². The highest BCUT2D eigenvalue weighted by atomic mass is 16.3. The summed E-state index contributed by atoms with van der Waals surface area (Å²) in [5.41, 5.74) is 2.01. The van der Waals surface area contributed by atoms with Crippen LogP contribution in [0.15, 0.2) is 54.6 Å². The lowest BCUT2D eigenvalue weighted by atomic mass is 10.0. The van der Waals surface area contributed by atoms with Crippen LogP contribution in [0.5, 0.6) is 0 Å². The van der Waals surface area contributed by atoms with Crippen LogP contribution in [-0.2, 0) is 16.0 Å². The van der Waals surface area contributed by atoms with Gasteiger partial charge in [0.15, 0.2) is 0 Å². The molecule has 0 spiro atoms. The summed E-state index contributed by atoms with van der Waals surface area (Å²) < 4.78 is 0. The van der Waals surface area contributed by atoms with E-state index in [0.717, 1.165) is 5.56 Å². The van der Waals surface area contributed by atoms with Crippen molar-refractivity contribution in [3.63, 3.8) is 0 Å². The van der Waals surface area contributed by atoms with Crippen LogP contribution >= 0.6 is 0 Å². The Morgan fingerprint density at radius 2 is 1.85 bits per heavy atom. The topological polar surface area (TPSA) is 84.6 Å². The zero-order valence-electron chi connectivity index (χ0n) is 14.2. The Labute approximate surface area is 151 Å². The number of piperazine rings is 1. The zero-order valence-corrected chi connectivity index (χ0v) is 14.2. The van der Waals surface area contributed by atoms with E-state index in [4.69, 9.17) is 0 Å². The first-order chi connectivity index (χ1) is 12.6. The largest absolute Gasteiger partial charge is 0.387 e. The summed E-state index contributed by atoms with van der Waals surface area (Å²) in [6.07, 6.45) is 0.561. The van der Waals surface area contributed by atoms with Gasteiger partial charge in [-0.15, -0.1) is 0 Å². The number of aliphatic hydroxyl groups excluding tert-OH is 1. The number of anilines is 1. The summed E-state index contributed by atoms with van der Waals surface area (Å²) in [5.74, 6) is -0.730. The van der Waals surface area contributed by atoms with E-state index >= 15 is 0 Å². The second-order valence-corrected chi connectivity index (χ2v) is 6.16. The molecule has 6 heteroatoms. The highest BCUT2D eigenvalue weighted by Crippen LogP contribution is 2.25. The predicted molar refractivity (Wildman–Crippen MR) is 96.2 cm³/mol. The summed E-state index contributed by atoms with van der Waals surface area (Å²) in [4.78, 5) is 27.8. The zero-order chi connectivity index (χ0) is 18.5. The maximum absolute atomic E-state index is 12.6. The second kappa shape index (κ2) is 7.81. The summed E-state index contributed by atoms with van der Waals surface area (Å²) in [7, 11) is 0. The third kappa shape index (κ3) is 3.58. The number of carbonyl (C=O) groups is 2. The van der Waals surface area contributed by atoms with E-state index in [2.05, 4.69) is 6.07 Å². The van der Waals surface area contributed by atoms with E-state index < -0.39 is 12.5 Å². The number of nitrogens with zero attached hydrogens (tertiary/aromatic N) is 3. The number of hydrogen-bond donors (Lipinski definition) is 1. The summed E-state index contributed by atoms with van der Waals surface area (Å²) >= 11 is 0. The van der Waals surface area contributed by atoms with Gasteiger partial charge in [0.05, 0.1) is 17.3 Å². The molecule has 1 N–H and O–H groups in total. The van der Waals surface area contributed by atoms with E-state index in [1.54, 1.807) is 29.2 Å². The van der Waals surface area contributed by atoms with Crippen LogP contribution in [0.2, 0.25) is 0 Å². The molecule has 0 saturated carbocycles. The lowest BCUT2D eigenvalue weighted by Gasteiger charge is -2.41. The van der Waals surface area contributed by atoms with E-state index in [-0.39, 0.29) is 25.0 Å². The average molecular weight is 349 g/mol. The number of benzene rings is 2. The molecular formula is C20H19N3O3. The van der Waals surface area contributed by atoms with Crippen molar-refractivity contribution in [2.24, 2.45) is 0 Å². The average Bonchev–Trinajstić information content (AvgIpc) is 2.69. The Hall–Kier alpha value is -3.17. The third-order valence-electron chi connectivity index (χ3n) is 4.53. The number of carbonyl (C=O) groups excluding carboxylic acids is 2. The summed E-state index contributed by atoms with van der Waals surface area (Å²) in [5, 5.41) is 18.6. The van der Waals surface area contributed by atoms with Gasteiger partial charge in [0.2, 0.25) is 11.8 Å². The van der Waals surface area contributed by atoms with Gasteiger partial charge in [-0.25, -0.2) is 0 Å². The molecule has 26 heavy (non-hydrogen) atoms. The highest BCUT2D eigenvalue weighted by Gasteiger charge is 2.36. The molecule has 3 rings (SSSR count). The van der Waals surface area contributed by atoms with Gasteiger partial charge in [0, 0.05) is 6.54 Å². The van der Waals surface area contributed by atoms with E-state index in [1.165, 1.54) is 4.90 Å². The Balaban J connectivity index is 1.92. The van der Waals surface area contributed by atoms with Gasteiger partial charge >= 0.3 is 0 Å². The monoisotopic (exact) mass is 349 g/mol. The fourth-order valence-electron chi connectivity index (χ4n) is 3.25. The Bertz CT molecular complexity index is 845. The molecule has 6 nitrogen and oxygen atoms in total. The standard InChI is InChI=1S/C20H19N3O3/c21-11-16-8-4-5-9-18(16)23-12-17(10-15-6-2-1-3-7-15)22(13-19(23)25)20(26)14-24/h1-9,17,24H,10,12-14H2. The maximum Gasteiger partial charge on any atom is 0.249 e. The number of nitriles is 1. The molecule has 132 valence electrons. The highest BCUT2D eigenvalue weighted by molar-refractivity contribution is 5.99. The molecule has 1 aliphatic heterocycles. The van der Waals surface area contributed by atoms with Crippen LogP contribution in [0.25, 0.3) is 0 Å². The third-order valence-corrected chi connectivity index (χ3v) is 4.53. The predicted octanol–water partition coefficient (Wildman–Crippen LogP) is 1.34. The first-order valence-corrected chi connectivity index (χ1v) is 8.37. The van der Waals surface area contributed by atoms with Gasteiger partial charge in [-0.05, 0) is 24.1 Å². The fourth-order valence-corrected chi connectivity index (χ4v) is 3.25. The lowest BCUT2D eigenvalue weighted by Crippen LogP contribution is -2.59. The molecule has 1 fully saturated rings. The van der Waals surface area contributed by atoms with E-state index in [9.17, 15) is 20.0 Å². The van der Waals surface area contributed by atoms with Crippen molar-refractivity contribution < 1.29 is 14.7 Å². The minimum absolute atomic E-state index is 0.114. The number of hydrogen-bond acceptors (Lipinski definition) is 4. The summed E-state index contributed by atoms with van der Waals surface area (Å²) in [6.45, 7) is -0.470. The molecule has 2 aromatic rings. The minimum atomic E-state index is -0.632. The van der Waals surface area contributed by atoms with Crippen LogP contribution in [-0.4, -0.2) is 47.6 Å². The van der Waals surface area contributed by atoms with E-state index in [0.29, 0.717) is 17.7 Å². The summed E-state index contributed by atoms with van der Waals surface area (Å²) in [6, 6.07) is 18.4. The quantitative estimate of drug-likeness (QED) is 0.903. The first-order valence-electron chi connectivity index (χ1n) is 8.37. The van der Waals surface area contributed by atoms with Crippen molar-refractivity contribution in [1.29, 1.82) is 5.26 Å². The van der Waals surface area contributed by atoms with Crippen molar-refractivity contribution in [2.45, 2.75) is 12.5 Å². The minimum Gasteiger partial charge on any atom is -0.387 e. The van der Waals surface area contributed by atoms with Crippen molar-refractivity contribution in [2.75, 3.05) is 24.6 Å². The first kappa shape index (κ1) is 17.6. The number of amides is 2. The molecule has 2 aromatic carbocycles. The fraction of sp³-hybridized carbons (Fsp3) is 0.250. The van der Waals surface area contributed by atoms with Gasteiger partial charge in [-0.2, -0.15) is 5.26 Å². The van der Waals surface area contributed by atoms with Gasteiger partial charge in [-0.1, -0.05) is 42.5 Å². The molecular weight excluding hydrogens is 330 g/mol. The normalized spacial score (nSPS) is 17.1. The molecule has 1 unspecified atom stereocenters. The molecule has 2 amide bonds. The maximum atomic E-state index is 12.6. The van der Waals surface area contributed by atoms with Crippen LogP contribution in [0.4, 0.5) is 5.69 Å². The molecule has 1 aliphatic rings. The van der Waals surface area contributed by atoms with Crippen LogP contribution < -0.4 is 4.90 Å². The Morgan fingerprint density at radius 3 is 2.54 bits per heavy atom. The molecule has 0 bridgehead atoms. The molecule has 0 aliphatic carbocycles. The second-order valence-electron chi connectivity index (χ2n) is 6.16. The van der Waals surface area contributed by atoms with Crippen molar-refractivity contribution in [1.82, 2.24) is 4.90 Å². The molecule has 0 radical (unpaired) electrons. The lowest BCUT2D eigenvalue weighted by molar-refractivity contribution is -0.142. The van der Waals surface area contributed by atoms with Crippen LogP contribution in [0.3, 0.4) is 0 Å². The van der Waals surface area contributed by atoms with Gasteiger partial charge in [-0.3, -0.25) is 9.59 Å². The van der Waals surface area contributed by atoms with Gasteiger partial charge in [0.25, 0.3) is 0 Å². The Morgan fingerprint density at radius 1 is 1.15 bits per heavy atom.